The Morgan fingerprint density at radius 1 is 1.21 bits per heavy atom. The Morgan fingerprint density at radius 2 is 1.97 bits per heavy atom. The fraction of sp³-hybridized carbons (Fsp3) is 0.409. The van der Waals surface area contributed by atoms with E-state index in [2.05, 4.69) is 10.4 Å². The fourth-order valence-electron chi connectivity index (χ4n) is 3.36. The molecule has 7 heteroatoms. The summed E-state index contributed by atoms with van der Waals surface area (Å²) in [5.41, 5.74) is 3.02. The van der Waals surface area contributed by atoms with Crippen molar-refractivity contribution in [2.45, 2.75) is 33.2 Å². The van der Waals surface area contributed by atoms with Gasteiger partial charge in [0, 0.05) is 13.0 Å². The largest absolute Gasteiger partial charge is 0.467 e. The second-order valence-electron chi connectivity index (χ2n) is 7.14. The number of carbonyl (C=O) groups excluding carboxylic acids is 2. The molecule has 2 heterocycles. The first-order valence-electron chi connectivity index (χ1n) is 10.0. The van der Waals surface area contributed by atoms with E-state index in [4.69, 9.17) is 4.42 Å². The summed E-state index contributed by atoms with van der Waals surface area (Å²) in [5.74, 6) is 0.464. The smallest absolute Gasteiger partial charge is 0.257 e. The quantitative estimate of drug-likeness (QED) is 0.744. The highest BCUT2D eigenvalue weighted by Crippen LogP contribution is 2.33. The predicted molar refractivity (Wildman–Crippen MR) is 111 cm³/mol. The Hall–Kier alpha value is -2.93. The third kappa shape index (κ3) is 5.12. The zero-order valence-electron chi connectivity index (χ0n) is 17.2. The maximum absolute atomic E-state index is 13.1. The van der Waals surface area contributed by atoms with Crippen molar-refractivity contribution < 1.29 is 14.0 Å². The first-order valence-corrected chi connectivity index (χ1v) is 10.0. The standard InChI is InChI=1S/C22H28N4O3/c1-4-23-21(27)14-25(5-2)15-22(28)26-19(20-7-6-12-29-20)13-18(24-26)17-10-8-16(3)9-11-17/h6-12,19H,4-5,13-15H2,1-3H3,(H,23,27)/t19-/m1/s1. The lowest BCUT2D eigenvalue weighted by Crippen LogP contribution is -2.43. The first-order chi connectivity index (χ1) is 14.0. The van der Waals surface area contributed by atoms with Crippen LogP contribution < -0.4 is 5.32 Å². The lowest BCUT2D eigenvalue weighted by atomic mass is 10.0. The molecule has 0 fully saturated rings. The fourth-order valence-corrected chi connectivity index (χ4v) is 3.36. The van der Waals surface area contributed by atoms with Crippen LogP contribution >= 0.6 is 0 Å². The average molecular weight is 396 g/mol. The highest BCUT2D eigenvalue weighted by Gasteiger charge is 2.35. The van der Waals surface area contributed by atoms with Crippen LogP contribution in [0.2, 0.25) is 0 Å². The molecule has 2 aromatic rings. The molecule has 1 aliphatic rings. The van der Waals surface area contributed by atoms with Gasteiger partial charge in [-0.2, -0.15) is 5.10 Å². The molecule has 1 aromatic carbocycles. The van der Waals surface area contributed by atoms with Gasteiger partial charge in [-0.15, -0.1) is 0 Å². The highest BCUT2D eigenvalue weighted by molar-refractivity contribution is 6.03. The summed E-state index contributed by atoms with van der Waals surface area (Å²) in [4.78, 5) is 26.8. The summed E-state index contributed by atoms with van der Waals surface area (Å²) >= 11 is 0. The number of likely N-dealkylation sites (N-methyl/N-ethyl adjacent to an activating group) is 2. The SMILES string of the molecule is CCNC(=O)CN(CC)CC(=O)N1N=C(c2ccc(C)cc2)C[C@@H]1c1ccco1. The van der Waals surface area contributed by atoms with E-state index < -0.39 is 0 Å². The number of hydrogen-bond donors (Lipinski definition) is 1. The maximum Gasteiger partial charge on any atom is 0.257 e. The number of furan rings is 1. The van der Waals surface area contributed by atoms with Crippen molar-refractivity contribution in [3.8, 4) is 0 Å². The van der Waals surface area contributed by atoms with Crippen molar-refractivity contribution in [3.05, 3.63) is 59.5 Å². The molecule has 7 nitrogen and oxygen atoms in total. The Kier molecular flexibility index (Phi) is 6.82. The van der Waals surface area contributed by atoms with Gasteiger partial charge < -0.3 is 9.73 Å². The molecule has 154 valence electrons. The van der Waals surface area contributed by atoms with Crippen LogP contribution in [-0.4, -0.2) is 53.6 Å². The number of nitrogens with zero attached hydrogens (tertiary/aromatic N) is 3. The Labute approximate surface area is 171 Å². The lowest BCUT2D eigenvalue weighted by molar-refractivity contribution is -0.135. The van der Waals surface area contributed by atoms with Crippen LogP contribution in [0, 0.1) is 6.92 Å². The molecule has 0 saturated carbocycles. The topological polar surface area (TPSA) is 78.2 Å². The highest BCUT2D eigenvalue weighted by atomic mass is 16.3. The normalized spacial score (nSPS) is 16.2. The van der Waals surface area contributed by atoms with Crippen LogP contribution in [0.25, 0.3) is 0 Å². The monoisotopic (exact) mass is 396 g/mol. The number of nitrogens with one attached hydrogen (secondary N) is 1. The van der Waals surface area contributed by atoms with Crippen LogP contribution in [0.3, 0.4) is 0 Å². The van der Waals surface area contributed by atoms with Crippen LogP contribution in [-0.2, 0) is 9.59 Å². The van der Waals surface area contributed by atoms with Crippen LogP contribution in [0.5, 0.6) is 0 Å². The van der Waals surface area contributed by atoms with Gasteiger partial charge >= 0.3 is 0 Å². The minimum absolute atomic E-state index is 0.0880. The van der Waals surface area contributed by atoms with E-state index in [1.54, 1.807) is 6.26 Å². The Balaban J connectivity index is 1.79. The second kappa shape index (κ2) is 9.52. The van der Waals surface area contributed by atoms with Gasteiger partial charge in [0.1, 0.15) is 11.8 Å². The van der Waals surface area contributed by atoms with E-state index in [0.29, 0.717) is 25.3 Å². The van der Waals surface area contributed by atoms with Crippen LogP contribution in [0.15, 0.2) is 52.2 Å². The van der Waals surface area contributed by atoms with E-state index >= 15 is 0 Å². The zero-order valence-corrected chi connectivity index (χ0v) is 17.2. The predicted octanol–water partition coefficient (Wildman–Crippen LogP) is 2.72. The minimum atomic E-state index is -0.281. The molecule has 3 rings (SSSR count). The number of aryl methyl sites for hydroxylation is 1. The molecule has 2 amide bonds. The van der Waals surface area contributed by atoms with E-state index in [9.17, 15) is 9.59 Å². The van der Waals surface area contributed by atoms with Gasteiger partial charge in [0.05, 0.1) is 25.1 Å². The van der Waals surface area contributed by atoms with E-state index in [1.165, 1.54) is 10.6 Å². The molecular formula is C22H28N4O3. The average Bonchev–Trinajstić information content (AvgIpc) is 3.38. The molecule has 1 N–H and O–H groups in total. The third-order valence-corrected chi connectivity index (χ3v) is 4.97. The van der Waals surface area contributed by atoms with Crippen LogP contribution in [0.4, 0.5) is 0 Å². The van der Waals surface area contributed by atoms with Crippen molar-refractivity contribution in [2.24, 2.45) is 5.10 Å². The van der Waals surface area contributed by atoms with Crippen molar-refractivity contribution in [1.29, 1.82) is 0 Å². The third-order valence-electron chi connectivity index (χ3n) is 4.97. The van der Waals surface area contributed by atoms with E-state index in [-0.39, 0.29) is 30.9 Å². The van der Waals surface area contributed by atoms with E-state index in [0.717, 1.165) is 11.3 Å². The van der Waals surface area contributed by atoms with Crippen molar-refractivity contribution >= 4 is 17.5 Å². The molecule has 0 aliphatic carbocycles. The molecule has 0 saturated heterocycles. The number of amides is 2. The summed E-state index contributed by atoms with van der Waals surface area (Å²) in [5, 5.41) is 8.92. The number of hydrazone groups is 1. The number of rotatable bonds is 8. The van der Waals surface area contributed by atoms with Crippen molar-refractivity contribution in [1.82, 2.24) is 15.2 Å². The maximum atomic E-state index is 13.1. The van der Waals surface area contributed by atoms with Gasteiger partial charge in [0.15, 0.2) is 0 Å². The zero-order chi connectivity index (χ0) is 20.8. The van der Waals surface area contributed by atoms with Gasteiger partial charge in [-0.1, -0.05) is 36.8 Å². The van der Waals surface area contributed by atoms with Crippen LogP contribution in [0.1, 0.15) is 43.2 Å². The molecule has 1 aromatic heterocycles. The Morgan fingerprint density at radius 3 is 2.59 bits per heavy atom. The number of carbonyl (C=O) groups is 2. The van der Waals surface area contributed by atoms with Gasteiger partial charge in [-0.25, -0.2) is 5.01 Å². The molecule has 29 heavy (non-hydrogen) atoms. The molecule has 1 atom stereocenters. The molecule has 0 radical (unpaired) electrons. The van der Waals surface area contributed by atoms with Crippen molar-refractivity contribution in [2.75, 3.05) is 26.2 Å². The van der Waals surface area contributed by atoms with Gasteiger partial charge in [0.2, 0.25) is 5.91 Å². The van der Waals surface area contributed by atoms with Gasteiger partial charge in [-0.3, -0.25) is 14.5 Å². The Bertz CT molecular complexity index is 859. The summed E-state index contributed by atoms with van der Waals surface area (Å²) < 4.78 is 5.58. The summed E-state index contributed by atoms with van der Waals surface area (Å²) in [6, 6.07) is 11.5. The van der Waals surface area contributed by atoms with Gasteiger partial charge in [0.25, 0.3) is 5.91 Å². The first kappa shape index (κ1) is 20.8. The summed E-state index contributed by atoms with van der Waals surface area (Å²) in [7, 11) is 0. The van der Waals surface area contributed by atoms with Gasteiger partial charge in [-0.05, 0) is 38.1 Å². The lowest BCUT2D eigenvalue weighted by Gasteiger charge is -2.24. The minimum Gasteiger partial charge on any atom is -0.467 e. The molecule has 0 bridgehead atoms. The molecule has 1 aliphatic heterocycles. The summed E-state index contributed by atoms with van der Waals surface area (Å²) in [6.07, 6.45) is 2.19. The number of benzene rings is 1. The van der Waals surface area contributed by atoms with Crippen molar-refractivity contribution in [3.63, 3.8) is 0 Å². The molecule has 0 spiro atoms. The molecular weight excluding hydrogens is 368 g/mol. The second-order valence-corrected chi connectivity index (χ2v) is 7.14. The van der Waals surface area contributed by atoms with E-state index in [1.807, 2.05) is 62.1 Å². The number of hydrogen-bond acceptors (Lipinski definition) is 5. The summed E-state index contributed by atoms with van der Waals surface area (Å²) in [6.45, 7) is 7.31. The molecule has 0 unspecified atom stereocenters.